The van der Waals surface area contributed by atoms with Crippen molar-refractivity contribution in [2.24, 2.45) is 0 Å². The second-order valence-electron chi connectivity index (χ2n) is 22.1. The lowest BCUT2D eigenvalue weighted by molar-refractivity contribution is -0.143. The van der Waals surface area contributed by atoms with E-state index >= 15 is 0 Å². The van der Waals surface area contributed by atoms with Crippen LogP contribution in [0.5, 0.6) is 0 Å². The first-order chi connectivity index (χ1) is 35.0. The zero-order chi connectivity index (χ0) is 51.4. The Morgan fingerprint density at radius 1 is 0.380 bits per heavy atom. The van der Waals surface area contributed by atoms with E-state index in [2.05, 4.69) is 43.5 Å². The molecule has 420 valence electrons. The number of rotatable bonds is 60. The van der Waals surface area contributed by atoms with Crippen molar-refractivity contribution in [1.29, 1.82) is 0 Å². The molecule has 0 spiro atoms. The molecule has 0 aromatic rings. The first-order valence-corrected chi connectivity index (χ1v) is 32.1. The summed E-state index contributed by atoms with van der Waals surface area (Å²) in [6, 6.07) is -0.563. The molecule has 6 nitrogen and oxygen atoms in total. The molecule has 0 aliphatic carbocycles. The van der Waals surface area contributed by atoms with Crippen molar-refractivity contribution < 1.29 is 24.5 Å². The highest BCUT2D eigenvalue weighted by Crippen LogP contribution is 2.18. The van der Waals surface area contributed by atoms with Crippen molar-refractivity contribution in [3.63, 3.8) is 0 Å². The number of aliphatic hydroxyl groups is 2. The summed E-state index contributed by atoms with van der Waals surface area (Å²) in [5, 5.41) is 23.4. The maximum atomic E-state index is 12.5. The molecule has 0 heterocycles. The van der Waals surface area contributed by atoms with Gasteiger partial charge in [-0.1, -0.05) is 289 Å². The molecule has 0 aromatic carbocycles. The second kappa shape index (κ2) is 60.9. The molecule has 0 aromatic heterocycles. The number of unbranched alkanes of at least 4 members (excludes halogenated alkanes) is 45. The quantitative estimate of drug-likeness (QED) is 0.0320. The standard InChI is InChI=1S/C65H125NO5/c1-3-5-7-9-11-13-15-17-19-21-23-24-25-26-27-28-30-33-37-41-45-49-53-57-63(68)62(61-67)66-64(69)58-54-50-46-42-38-34-32-36-40-44-48-52-56-60-71-65(70)59-55-51-47-43-39-35-31-29-22-20-18-16-14-12-10-8-6-4-2/h20,22,34,38,62-63,67-68H,3-19,21,23-33,35-37,39-61H2,1-2H3,(H,66,69)/b22-20-,38-34-. The molecule has 0 saturated carbocycles. The molecule has 6 heteroatoms. The molecule has 0 aliphatic heterocycles. The minimum absolute atomic E-state index is 0.0144. The van der Waals surface area contributed by atoms with Crippen LogP contribution in [0.2, 0.25) is 0 Å². The number of esters is 1. The third kappa shape index (κ3) is 57.5. The third-order valence-corrected chi connectivity index (χ3v) is 15.0. The van der Waals surface area contributed by atoms with Crippen LogP contribution in [-0.2, 0) is 14.3 Å². The number of aliphatic hydroxyl groups excluding tert-OH is 2. The maximum absolute atomic E-state index is 12.5. The third-order valence-electron chi connectivity index (χ3n) is 15.0. The van der Waals surface area contributed by atoms with Crippen LogP contribution in [0.25, 0.3) is 0 Å². The minimum atomic E-state index is -0.683. The molecule has 2 unspecified atom stereocenters. The fraction of sp³-hybridized carbons (Fsp3) is 0.908. The summed E-state index contributed by atoms with van der Waals surface area (Å²) in [6.45, 7) is 4.94. The summed E-state index contributed by atoms with van der Waals surface area (Å²) < 4.78 is 5.48. The van der Waals surface area contributed by atoms with Gasteiger partial charge < -0.3 is 20.3 Å². The van der Waals surface area contributed by atoms with E-state index in [0.717, 1.165) is 70.6 Å². The second-order valence-corrected chi connectivity index (χ2v) is 22.1. The summed E-state index contributed by atoms with van der Waals surface area (Å²) in [6.07, 6.45) is 74.8. The summed E-state index contributed by atoms with van der Waals surface area (Å²) in [5.41, 5.74) is 0. The van der Waals surface area contributed by atoms with Crippen molar-refractivity contribution in [2.45, 2.75) is 366 Å². The lowest BCUT2D eigenvalue weighted by Gasteiger charge is -2.22. The van der Waals surface area contributed by atoms with E-state index in [0.29, 0.717) is 25.9 Å². The number of ether oxygens (including phenoxy) is 1. The van der Waals surface area contributed by atoms with E-state index in [-0.39, 0.29) is 18.5 Å². The van der Waals surface area contributed by atoms with Gasteiger partial charge in [-0.05, 0) is 77.0 Å². The molecule has 1 amide bonds. The first kappa shape index (κ1) is 69.3. The summed E-state index contributed by atoms with van der Waals surface area (Å²) in [5.74, 6) is -0.0758. The lowest BCUT2D eigenvalue weighted by atomic mass is 10.0. The summed E-state index contributed by atoms with van der Waals surface area (Å²) in [4.78, 5) is 24.6. The van der Waals surface area contributed by atoms with Crippen LogP contribution >= 0.6 is 0 Å². The van der Waals surface area contributed by atoms with Gasteiger partial charge in [-0.2, -0.15) is 0 Å². The normalized spacial score (nSPS) is 12.7. The topological polar surface area (TPSA) is 95.9 Å². The Balaban J connectivity index is 3.47. The largest absolute Gasteiger partial charge is 0.466 e. The fourth-order valence-electron chi connectivity index (χ4n) is 10.0. The number of amides is 1. The van der Waals surface area contributed by atoms with E-state index in [9.17, 15) is 19.8 Å². The Bertz CT molecular complexity index is 1110. The number of nitrogens with one attached hydrogen (secondary N) is 1. The highest BCUT2D eigenvalue weighted by Gasteiger charge is 2.20. The van der Waals surface area contributed by atoms with Gasteiger partial charge in [-0.3, -0.25) is 9.59 Å². The molecule has 3 N–H and O–H groups in total. The Hall–Kier alpha value is -1.66. The molecule has 0 radical (unpaired) electrons. The summed E-state index contributed by atoms with van der Waals surface area (Å²) >= 11 is 0. The van der Waals surface area contributed by atoms with E-state index in [1.165, 1.54) is 250 Å². The first-order valence-electron chi connectivity index (χ1n) is 32.1. The van der Waals surface area contributed by atoms with Gasteiger partial charge in [0, 0.05) is 12.8 Å². The fourth-order valence-corrected chi connectivity index (χ4v) is 10.0. The molecule has 0 bridgehead atoms. The van der Waals surface area contributed by atoms with Gasteiger partial charge >= 0.3 is 5.97 Å². The van der Waals surface area contributed by atoms with Gasteiger partial charge in [0.15, 0.2) is 0 Å². The van der Waals surface area contributed by atoms with Crippen molar-refractivity contribution in [3.05, 3.63) is 24.3 Å². The Labute approximate surface area is 443 Å². The van der Waals surface area contributed by atoms with E-state index in [1.54, 1.807) is 0 Å². The molecular weight excluding hydrogens is 875 g/mol. The molecule has 0 fully saturated rings. The number of carbonyl (C=O) groups is 2. The lowest BCUT2D eigenvalue weighted by Crippen LogP contribution is -2.45. The van der Waals surface area contributed by atoms with Gasteiger partial charge in [0.05, 0.1) is 25.4 Å². The van der Waals surface area contributed by atoms with Gasteiger partial charge in [0.2, 0.25) is 5.91 Å². The number of hydrogen-bond acceptors (Lipinski definition) is 5. The average molecular weight is 1000 g/mol. The monoisotopic (exact) mass is 1000 g/mol. The minimum Gasteiger partial charge on any atom is -0.466 e. The number of hydrogen-bond donors (Lipinski definition) is 3. The zero-order valence-corrected chi connectivity index (χ0v) is 48.0. The Morgan fingerprint density at radius 2 is 0.662 bits per heavy atom. The van der Waals surface area contributed by atoms with E-state index < -0.39 is 12.1 Å². The van der Waals surface area contributed by atoms with Crippen LogP contribution in [0.4, 0.5) is 0 Å². The van der Waals surface area contributed by atoms with Crippen LogP contribution < -0.4 is 5.32 Å². The smallest absolute Gasteiger partial charge is 0.305 e. The van der Waals surface area contributed by atoms with Gasteiger partial charge in [-0.15, -0.1) is 0 Å². The predicted molar refractivity (Wildman–Crippen MR) is 310 cm³/mol. The van der Waals surface area contributed by atoms with Crippen LogP contribution in [0.3, 0.4) is 0 Å². The van der Waals surface area contributed by atoms with Gasteiger partial charge in [0.1, 0.15) is 0 Å². The number of allylic oxidation sites excluding steroid dienone is 4. The van der Waals surface area contributed by atoms with Crippen molar-refractivity contribution in [2.75, 3.05) is 13.2 Å². The zero-order valence-electron chi connectivity index (χ0n) is 48.0. The number of carbonyl (C=O) groups excluding carboxylic acids is 2. The Morgan fingerprint density at radius 3 is 1.01 bits per heavy atom. The maximum Gasteiger partial charge on any atom is 0.305 e. The van der Waals surface area contributed by atoms with Crippen molar-refractivity contribution in [1.82, 2.24) is 5.32 Å². The molecule has 0 saturated heterocycles. The average Bonchev–Trinajstić information content (AvgIpc) is 3.37. The molecule has 0 rings (SSSR count). The van der Waals surface area contributed by atoms with Crippen LogP contribution in [-0.4, -0.2) is 47.4 Å². The highest BCUT2D eigenvalue weighted by molar-refractivity contribution is 5.76. The van der Waals surface area contributed by atoms with Crippen molar-refractivity contribution >= 4 is 11.9 Å². The molecule has 71 heavy (non-hydrogen) atoms. The van der Waals surface area contributed by atoms with Crippen LogP contribution in [0.1, 0.15) is 354 Å². The Kier molecular flexibility index (Phi) is 59.5. The SMILES string of the molecule is CCCCCCCCC/C=C\CCCCCCCCCC(=O)OCCCCCCCC/C=C\CCCCCC(=O)NC(CO)C(O)CCCCCCCCCCCCCCCCCCCCCCCCC. The van der Waals surface area contributed by atoms with Crippen molar-refractivity contribution in [3.8, 4) is 0 Å². The molecule has 0 aliphatic rings. The van der Waals surface area contributed by atoms with Gasteiger partial charge in [0.25, 0.3) is 0 Å². The van der Waals surface area contributed by atoms with Crippen LogP contribution in [0, 0.1) is 0 Å². The van der Waals surface area contributed by atoms with E-state index in [1.807, 2.05) is 0 Å². The highest BCUT2D eigenvalue weighted by atomic mass is 16.5. The molecule has 2 atom stereocenters. The molecular formula is C65H125NO5. The predicted octanol–water partition coefficient (Wildman–Crippen LogP) is 20.2. The van der Waals surface area contributed by atoms with E-state index in [4.69, 9.17) is 4.74 Å². The van der Waals surface area contributed by atoms with Gasteiger partial charge in [-0.25, -0.2) is 0 Å². The summed E-state index contributed by atoms with van der Waals surface area (Å²) in [7, 11) is 0. The van der Waals surface area contributed by atoms with Crippen LogP contribution in [0.15, 0.2) is 24.3 Å².